The molecule has 4 rings (SSSR count). The van der Waals surface area contributed by atoms with Crippen molar-refractivity contribution in [2.45, 2.75) is 52.6 Å². The van der Waals surface area contributed by atoms with Crippen LogP contribution in [0.5, 0.6) is 0 Å². The molecule has 170 valence electrons. The molecule has 1 aliphatic rings. The lowest BCUT2D eigenvalue weighted by Crippen LogP contribution is -2.45. The van der Waals surface area contributed by atoms with Crippen molar-refractivity contribution < 1.29 is 4.79 Å². The Hall–Kier alpha value is -2.51. The van der Waals surface area contributed by atoms with Crippen molar-refractivity contribution in [2.75, 3.05) is 19.6 Å². The van der Waals surface area contributed by atoms with Gasteiger partial charge in [0.15, 0.2) is 0 Å². The van der Waals surface area contributed by atoms with Crippen LogP contribution in [0.4, 0.5) is 0 Å². The lowest BCUT2D eigenvalue weighted by atomic mass is 10.0. The molecule has 0 unspecified atom stereocenters. The summed E-state index contributed by atoms with van der Waals surface area (Å²) < 4.78 is 1.57. The van der Waals surface area contributed by atoms with Gasteiger partial charge in [0.25, 0.3) is 5.56 Å². The summed E-state index contributed by atoms with van der Waals surface area (Å²) in [7, 11) is 0. The molecule has 1 aromatic carbocycles. The third kappa shape index (κ3) is 5.27. The number of likely N-dealkylation sites (tertiary alicyclic amines) is 1. The van der Waals surface area contributed by atoms with Gasteiger partial charge in [0, 0.05) is 49.6 Å². The van der Waals surface area contributed by atoms with Gasteiger partial charge in [-0.05, 0) is 31.2 Å². The van der Waals surface area contributed by atoms with E-state index in [2.05, 4.69) is 29.0 Å². The molecule has 0 aliphatic carbocycles. The number of hydrogen-bond donors (Lipinski definition) is 1. The number of nitrogens with one attached hydrogen (secondary N) is 1. The van der Waals surface area contributed by atoms with Gasteiger partial charge < -0.3 is 10.2 Å². The number of amides is 1. The van der Waals surface area contributed by atoms with Gasteiger partial charge in [0.1, 0.15) is 4.83 Å². The number of hydrogen-bond acceptors (Lipinski definition) is 5. The number of benzene rings is 1. The minimum absolute atomic E-state index is 0.00313. The van der Waals surface area contributed by atoms with Gasteiger partial charge >= 0.3 is 0 Å². The molecule has 0 radical (unpaired) electrons. The number of aromatic nitrogens is 2. The lowest BCUT2D eigenvalue weighted by Gasteiger charge is -2.33. The highest BCUT2D eigenvalue weighted by Gasteiger charge is 2.21. The maximum Gasteiger partial charge on any atom is 0.262 e. The summed E-state index contributed by atoms with van der Waals surface area (Å²) in [6.45, 7) is 10.0. The summed E-state index contributed by atoms with van der Waals surface area (Å²) in [6.07, 6.45) is 3.82. The van der Waals surface area contributed by atoms with E-state index in [0.29, 0.717) is 17.8 Å². The van der Waals surface area contributed by atoms with E-state index < -0.39 is 0 Å². The lowest BCUT2D eigenvalue weighted by molar-refractivity contribution is -0.122. The van der Waals surface area contributed by atoms with Crippen LogP contribution in [0.15, 0.2) is 40.8 Å². The van der Waals surface area contributed by atoms with Crippen molar-refractivity contribution in [2.24, 2.45) is 5.92 Å². The Morgan fingerprint density at radius 2 is 1.94 bits per heavy atom. The normalized spacial score (nSPS) is 15.5. The molecular weight excluding hydrogens is 420 g/mol. The van der Waals surface area contributed by atoms with Crippen molar-refractivity contribution >= 4 is 27.5 Å². The zero-order valence-corrected chi connectivity index (χ0v) is 20.0. The summed E-state index contributed by atoms with van der Waals surface area (Å²) in [5.41, 5.74) is 3.02. The van der Waals surface area contributed by atoms with Crippen LogP contribution in [0.2, 0.25) is 0 Å². The number of thiophene rings is 1. The van der Waals surface area contributed by atoms with E-state index in [1.807, 2.05) is 36.6 Å². The second-order valence-corrected chi connectivity index (χ2v) is 10.1. The molecule has 1 amide bonds. The average Bonchev–Trinajstić information content (AvgIpc) is 3.20. The first-order valence-corrected chi connectivity index (χ1v) is 12.3. The summed E-state index contributed by atoms with van der Waals surface area (Å²) in [5, 5.41) is 5.79. The van der Waals surface area contributed by atoms with E-state index in [1.54, 1.807) is 10.9 Å². The van der Waals surface area contributed by atoms with Crippen LogP contribution in [-0.4, -0.2) is 46.0 Å². The highest BCUT2D eigenvalue weighted by Crippen LogP contribution is 2.30. The fraction of sp³-hybridized carbons (Fsp3) is 0.480. The zero-order valence-electron chi connectivity index (χ0n) is 19.1. The number of piperidine rings is 1. The molecule has 6 nitrogen and oxygen atoms in total. The van der Waals surface area contributed by atoms with E-state index in [4.69, 9.17) is 0 Å². The summed E-state index contributed by atoms with van der Waals surface area (Å²) in [6, 6.07) is 8.39. The topological polar surface area (TPSA) is 67.2 Å². The van der Waals surface area contributed by atoms with Crippen LogP contribution in [0.1, 0.15) is 38.7 Å². The number of aryl methyl sites for hydroxylation is 2. The van der Waals surface area contributed by atoms with Gasteiger partial charge in [-0.2, -0.15) is 0 Å². The molecular formula is C25H32N4O2S. The Balaban J connectivity index is 1.39. The van der Waals surface area contributed by atoms with Crippen LogP contribution < -0.4 is 10.9 Å². The first kappa shape index (κ1) is 22.7. The maximum absolute atomic E-state index is 13.2. The second kappa shape index (κ2) is 9.96. The first-order chi connectivity index (χ1) is 15.4. The number of fused-ring (bicyclic) bond motifs is 1. The molecule has 3 heterocycles. The van der Waals surface area contributed by atoms with Crippen LogP contribution >= 0.6 is 11.3 Å². The molecule has 0 atom stereocenters. The molecule has 0 spiro atoms. The van der Waals surface area contributed by atoms with Crippen LogP contribution in [0, 0.1) is 12.8 Å². The van der Waals surface area contributed by atoms with Crippen LogP contribution in [0.25, 0.3) is 21.3 Å². The van der Waals surface area contributed by atoms with Gasteiger partial charge in [0.05, 0.1) is 11.7 Å². The molecule has 0 saturated carbocycles. The Morgan fingerprint density at radius 1 is 1.22 bits per heavy atom. The number of nitrogens with zero attached hydrogens (tertiary/aromatic N) is 3. The van der Waals surface area contributed by atoms with Gasteiger partial charge in [-0.3, -0.25) is 14.2 Å². The molecule has 1 fully saturated rings. The Bertz CT molecular complexity index is 1130. The van der Waals surface area contributed by atoms with E-state index in [1.165, 1.54) is 16.9 Å². The number of rotatable bonds is 7. The first-order valence-electron chi connectivity index (χ1n) is 11.5. The van der Waals surface area contributed by atoms with Crippen molar-refractivity contribution in [1.29, 1.82) is 0 Å². The molecule has 1 aliphatic heterocycles. The second-order valence-electron chi connectivity index (χ2n) is 9.22. The third-order valence-electron chi connectivity index (χ3n) is 6.08. The predicted molar refractivity (Wildman–Crippen MR) is 131 cm³/mol. The van der Waals surface area contributed by atoms with Gasteiger partial charge in [-0.15, -0.1) is 11.3 Å². The quantitative estimate of drug-likeness (QED) is 0.587. The van der Waals surface area contributed by atoms with E-state index >= 15 is 0 Å². The monoisotopic (exact) mass is 452 g/mol. The maximum atomic E-state index is 13.2. The van der Waals surface area contributed by atoms with Crippen molar-refractivity contribution in [3.8, 4) is 11.1 Å². The summed E-state index contributed by atoms with van der Waals surface area (Å²) >= 11 is 1.48. The van der Waals surface area contributed by atoms with E-state index in [-0.39, 0.29) is 23.9 Å². The van der Waals surface area contributed by atoms with Crippen molar-refractivity contribution in [3.63, 3.8) is 0 Å². The molecule has 3 aromatic rings. The summed E-state index contributed by atoms with van der Waals surface area (Å²) in [4.78, 5) is 33.4. The highest BCUT2D eigenvalue weighted by atomic mass is 32.1. The standard InChI is InChI=1S/C25H32N4O2S/c1-17(2)14-28-11-8-20(9-12-28)27-22(30)10-13-29-16-26-24-23(25(29)31)21(15-32-24)19-6-4-18(3)5-7-19/h4-7,15-17,20H,8-14H2,1-3H3,(H,27,30). The highest BCUT2D eigenvalue weighted by molar-refractivity contribution is 7.17. The number of carbonyl (C=O) groups excluding carboxylic acids is 1. The Labute approximate surface area is 193 Å². The SMILES string of the molecule is Cc1ccc(-c2csc3ncn(CCC(=O)NC4CCN(CC(C)C)CC4)c(=O)c23)cc1. The smallest absolute Gasteiger partial charge is 0.262 e. The molecule has 2 aromatic heterocycles. The molecule has 1 saturated heterocycles. The molecule has 1 N–H and O–H groups in total. The van der Waals surface area contributed by atoms with Gasteiger partial charge in [0.2, 0.25) is 5.91 Å². The van der Waals surface area contributed by atoms with Crippen molar-refractivity contribution in [1.82, 2.24) is 19.8 Å². The molecule has 32 heavy (non-hydrogen) atoms. The molecule has 7 heteroatoms. The largest absolute Gasteiger partial charge is 0.353 e. The van der Waals surface area contributed by atoms with Gasteiger partial charge in [-0.1, -0.05) is 43.7 Å². The predicted octanol–water partition coefficient (Wildman–Crippen LogP) is 4.06. The molecule has 0 bridgehead atoms. The average molecular weight is 453 g/mol. The van der Waals surface area contributed by atoms with Crippen molar-refractivity contribution in [3.05, 3.63) is 51.9 Å². The third-order valence-corrected chi connectivity index (χ3v) is 6.97. The van der Waals surface area contributed by atoms with E-state index in [0.717, 1.165) is 48.4 Å². The minimum Gasteiger partial charge on any atom is -0.353 e. The van der Waals surface area contributed by atoms with Crippen LogP contribution in [0.3, 0.4) is 0 Å². The Morgan fingerprint density at radius 3 is 2.62 bits per heavy atom. The fourth-order valence-corrected chi connectivity index (χ4v) is 5.28. The van der Waals surface area contributed by atoms with E-state index in [9.17, 15) is 9.59 Å². The number of carbonyl (C=O) groups is 1. The van der Waals surface area contributed by atoms with Crippen LogP contribution in [-0.2, 0) is 11.3 Å². The van der Waals surface area contributed by atoms with Gasteiger partial charge in [-0.25, -0.2) is 4.98 Å². The Kier molecular flexibility index (Phi) is 7.06. The zero-order chi connectivity index (χ0) is 22.7. The fourth-order valence-electron chi connectivity index (χ4n) is 4.37. The minimum atomic E-state index is -0.0818. The summed E-state index contributed by atoms with van der Waals surface area (Å²) in [5.74, 6) is 0.670.